The van der Waals surface area contributed by atoms with Crippen LogP contribution in [0.4, 0.5) is 5.69 Å². The highest BCUT2D eigenvalue weighted by Gasteiger charge is 2.32. The molecule has 1 atom stereocenters. The van der Waals surface area contributed by atoms with Gasteiger partial charge in [-0.2, -0.15) is 5.10 Å². The maximum absolute atomic E-state index is 12.5. The number of hydrazine groups is 1. The first-order valence-electron chi connectivity index (χ1n) is 11.3. The van der Waals surface area contributed by atoms with Gasteiger partial charge in [0.05, 0.1) is 22.8 Å². The van der Waals surface area contributed by atoms with Crippen LogP contribution in [0, 0.1) is 0 Å². The zero-order valence-electron chi connectivity index (χ0n) is 18.4. The minimum absolute atomic E-state index is 0.0471. The molecule has 2 saturated heterocycles. The summed E-state index contributed by atoms with van der Waals surface area (Å²) in [6, 6.07) is 12.0. The molecule has 2 aliphatic rings. The standard InChI is InChI=1S/C23H29N9O/c24-29-22(30-25)20-6-5-17(13-26-20)31-11-8-16(9-12-31)32-10-7-15(14-32)21-27-19-4-2-1-3-18(19)23(33)28-21/h1-6,13,15-16H,7-12,14,24-25H2,(H,29,30)(H,27,28,33). The summed E-state index contributed by atoms with van der Waals surface area (Å²) < 4.78 is 0. The summed E-state index contributed by atoms with van der Waals surface area (Å²) in [5.74, 6) is 12.2. The molecule has 0 radical (unpaired) electrons. The molecule has 3 aromatic rings. The molecule has 1 aromatic carbocycles. The van der Waals surface area contributed by atoms with Gasteiger partial charge in [-0.15, -0.1) is 0 Å². The Balaban J connectivity index is 1.20. The molecule has 172 valence electrons. The van der Waals surface area contributed by atoms with Crippen molar-refractivity contribution in [1.82, 2.24) is 25.3 Å². The Bertz CT molecular complexity index is 1200. The lowest BCUT2D eigenvalue weighted by atomic mass is 10.0. The number of nitrogens with one attached hydrogen (secondary N) is 2. The van der Waals surface area contributed by atoms with Crippen LogP contribution in [0.15, 0.2) is 52.5 Å². The highest BCUT2D eigenvalue weighted by atomic mass is 16.1. The van der Waals surface area contributed by atoms with Gasteiger partial charge in [0.15, 0.2) is 5.84 Å². The molecule has 0 spiro atoms. The van der Waals surface area contributed by atoms with Crippen LogP contribution in [0.3, 0.4) is 0 Å². The van der Waals surface area contributed by atoms with Crippen molar-refractivity contribution >= 4 is 22.4 Å². The number of hydrogen-bond donors (Lipinski definition) is 4. The number of aromatic nitrogens is 3. The van der Waals surface area contributed by atoms with Crippen LogP contribution < -0.4 is 27.6 Å². The summed E-state index contributed by atoms with van der Waals surface area (Å²) in [5, 5.41) is 4.25. The van der Waals surface area contributed by atoms with Gasteiger partial charge >= 0.3 is 0 Å². The number of benzene rings is 1. The third kappa shape index (κ3) is 4.27. The third-order valence-corrected chi connectivity index (χ3v) is 6.84. The van der Waals surface area contributed by atoms with E-state index in [1.54, 1.807) is 0 Å². The molecule has 6 N–H and O–H groups in total. The zero-order valence-corrected chi connectivity index (χ0v) is 18.4. The van der Waals surface area contributed by atoms with Crippen LogP contribution in [0.1, 0.15) is 36.7 Å². The number of piperidine rings is 1. The molecule has 0 amide bonds. The van der Waals surface area contributed by atoms with Crippen LogP contribution in [-0.4, -0.2) is 57.9 Å². The van der Waals surface area contributed by atoms with E-state index in [-0.39, 0.29) is 11.5 Å². The molecule has 10 heteroatoms. The van der Waals surface area contributed by atoms with Gasteiger partial charge in [0.1, 0.15) is 11.5 Å². The number of aromatic amines is 1. The minimum Gasteiger partial charge on any atom is -0.370 e. The van der Waals surface area contributed by atoms with Crippen molar-refractivity contribution in [2.45, 2.75) is 31.2 Å². The smallest absolute Gasteiger partial charge is 0.258 e. The number of rotatable bonds is 4. The molecule has 0 bridgehead atoms. The zero-order chi connectivity index (χ0) is 22.8. The van der Waals surface area contributed by atoms with E-state index >= 15 is 0 Å². The van der Waals surface area contributed by atoms with Crippen molar-refractivity contribution in [3.63, 3.8) is 0 Å². The topological polar surface area (TPSA) is 142 Å². The van der Waals surface area contributed by atoms with Gasteiger partial charge in [-0.3, -0.25) is 14.7 Å². The molecule has 5 rings (SSSR count). The van der Waals surface area contributed by atoms with Gasteiger partial charge in [-0.25, -0.2) is 10.8 Å². The second-order valence-corrected chi connectivity index (χ2v) is 8.69. The predicted octanol–water partition coefficient (Wildman–Crippen LogP) is 0.860. The quantitative estimate of drug-likeness (QED) is 0.200. The summed E-state index contributed by atoms with van der Waals surface area (Å²) in [7, 11) is 0. The SMILES string of the molecule is N/N=C(\NN)c1ccc(N2CCC(N3CCC(c4nc5ccccc5c(=O)[nH]4)C3)CC2)cn1. The van der Waals surface area contributed by atoms with E-state index in [2.05, 4.69) is 30.3 Å². The minimum atomic E-state index is -0.0471. The van der Waals surface area contributed by atoms with Crippen LogP contribution in [0.2, 0.25) is 0 Å². The van der Waals surface area contributed by atoms with Crippen molar-refractivity contribution in [2.24, 2.45) is 16.8 Å². The van der Waals surface area contributed by atoms with Crippen molar-refractivity contribution in [3.05, 3.63) is 64.5 Å². The van der Waals surface area contributed by atoms with Gasteiger partial charge in [-0.05, 0) is 50.1 Å². The number of amidine groups is 1. The number of nitrogens with zero attached hydrogens (tertiary/aromatic N) is 5. The highest BCUT2D eigenvalue weighted by molar-refractivity contribution is 5.96. The Morgan fingerprint density at radius 1 is 1.12 bits per heavy atom. The number of H-pyrrole nitrogens is 1. The largest absolute Gasteiger partial charge is 0.370 e. The van der Waals surface area contributed by atoms with Crippen LogP contribution >= 0.6 is 0 Å². The van der Waals surface area contributed by atoms with Crippen LogP contribution in [0.5, 0.6) is 0 Å². The average molecular weight is 448 g/mol. The number of anilines is 1. The van der Waals surface area contributed by atoms with E-state index in [4.69, 9.17) is 16.7 Å². The molecule has 2 fully saturated rings. The number of para-hydroxylation sites is 1. The van der Waals surface area contributed by atoms with E-state index in [9.17, 15) is 4.79 Å². The summed E-state index contributed by atoms with van der Waals surface area (Å²) in [6.45, 7) is 3.93. The lowest BCUT2D eigenvalue weighted by molar-refractivity contribution is 0.205. The van der Waals surface area contributed by atoms with E-state index in [1.165, 1.54) is 0 Å². The first-order chi connectivity index (χ1) is 16.2. The number of hydrazone groups is 1. The predicted molar refractivity (Wildman–Crippen MR) is 129 cm³/mol. The molecule has 0 aliphatic carbocycles. The molecule has 4 heterocycles. The van der Waals surface area contributed by atoms with Crippen molar-refractivity contribution in [2.75, 3.05) is 31.1 Å². The second-order valence-electron chi connectivity index (χ2n) is 8.69. The van der Waals surface area contributed by atoms with Gasteiger partial charge in [0.2, 0.25) is 0 Å². The van der Waals surface area contributed by atoms with Crippen LogP contribution in [0.25, 0.3) is 10.9 Å². The summed E-state index contributed by atoms with van der Waals surface area (Å²) in [4.78, 5) is 29.6. The molecule has 2 aliphatic heterocycles. The Morgan fingerprint density at radius 3 is 2.67 bits per heavy atom. The molecule has 33 heavy (non-hydrogen) atoms. The molecular formula is C23H29N9O. The third-order valence-electron chi connectivity index (χ3n) is 6.84. The van der Waals surface area contributed by atoms with Crippen molar-refractivity contribution in [3.8, 4) is 0 Å². The Hall–Kier alpha value is -3.50. The van der Waals surface area contributed by atoms with E-state index < -0.39 is 0 Å². The number of pyridine rings is 1. The molecular weight excluding hydrogens is 418 g/mol. The monoisotopic (exact) mass is 447 g/mol. The second kappa shape index (κ2) is 9.16. The first-order valence-corrected chi connectivity index (χ1v) is 11.3. The first kappa shape index (κ1) is 21.4. The number of likely N-dealkylation sites (tertiary alicyclic amines) is 1. The average Bonchev–Trinajstić information content (AvgIpc) is 3.36. The Kier molecular flexibility index (Phi) is 5.93. The summed E-state index contributed by atoms with van der Waals surface area (Å²) in [5.41, 5.74) is 4.88. The maximum Gasteiger partial charge on any atom is 0.258 e. The lowest BCUT2D eigenvalue weighted by Gasteiger charge is -2.37. The van der Waals surface area contributed by atoms with E-state index in [0.717, 1.165) is 62.5 Å². The fraction of sp³-hybridized carbons (Fsp3) is 0.391. The highest BCUT2D eigenvalue weighted by Crippen LogP contribution is 2.30. The molecule has 1 unspecified atom stereocenters. The lowest BCUT2D eigenvalue weighted by Crippen LogP contribution is -2.44. The maximum atomic E-state index is 12.5. The number of nitrogens with two attached hydrogens (primary N) is 2. The normalized spacial score (nSPS) is 20.5. The molecule has 10 nitrogen and oxygen atoms in total. The summed E-state index contributed by atoms with van der Waals surface area (Å²) >= 11 is 0. The molecule has 2 aromatic heterocycles. The summed E-state index contributed by atoms with van der Waals surface area (Å²) in [6.07, 6.45) is 5.05. The fourth-order valence-electron chi connectivity index (χ4n) is 5.02. The Labute approximate surface area is 191 Å². The van der Waals surface area contributed by atoms with E-state index in [1.807, 2.05) is 42.6 Å². The fourth-order valence-corrected chi connectivity index (χ4v) is 5.02. The number of hydrogen-bond acceptors (Lipinski definition) is 8. The van der Waals surface area contributed by atoms with Gasteiger partial charge < -0.3 is 21.2 Å². The Morgan fingerprint density at radius 2 is 1.94 bits per heavy atom. The van der Waals surface area contributed by atoms with Crippen LogP contribution in [-0.2, 0) is 0 Å². The van der Waals surface area contributed by atoms with Gasteiger partial charge in [-0.1, -0.05) is 12.1 Å². The van der Waals surface area contributed by atoms with Crippen molar-refractivity contribution < 1.29 is 0 Å². The van der Waals surface area contributed by atoms with Gasteiger partial charge in [0, 0.05) is 31.6 Å². The van der Waals surface area contributed by atoms with Crippen molar-refractivity contribution in [1.29, 1.82) is 0 Å². The van der Waals surface area contributed by atoms with Gasteiger partial charge in [0.25, 0.3) is 5.56 Å². The number of fused-ring (bicyclic) bond motifs is 1. The molecule has 0 saturated carbocycles. The van der Waals surface area contributed by atoms with E-state index in [0.29, 0.717) is 23.0 Å².